The first-order valence-corrected chi connectivity index (χ1v) is 9.34. The van der Waals surface area contributed by atoms with Crippen molar-refractivity contribution in [2.45, 2.75) is 63.5 Å². The fourth-order valence-electron chi connectivity index (χ4n) is 5.76. The lowest BCUT2D eigenvalue weighted by molar-refractivity contribution is 0.0163. The monoisotopic (exact) mass is 293 g/mol. The van der Waals surface area contributed by atoms with Crippen LogP contribution in [0.2, 0.25) is 0 Å². The summed E-state index contributed by atoms with van der Waals surface area (Å²) in [4.78, 5) is 0. The zero-order valence-electron chi connectivity index (χ0n) is 13.3. The minimum Gasteiger partial charge on any atom is -0.379 e. The van der Waals surface area contributed by atoms with Gasteiger partial charge in [0, 0.05) is 19.3 Å². The molecule has 120 valence electrons. The summed E-state index contributed by atoms with van der Waals surface area (Å²) in [6.07, 6.45) is 11.5. The lowest BCUT2D eigenvalue weighted by atomic mass is 9.79. The van der Waals surface area contributed by atoms with Gasteiger partial charge in [0.05, 0.1) is 12.7 Å². The fraction of sp³-hybridized carbons (Fsp3) is 1.00. The third-order valence-electron chi connectivity index (χ3n) is 6.63. The largest absolute Gasteiger partial charge is 0.379 e. The summed E-state index contributed by atoms with van der Waals surface area (Å²) in [5.74, 6) is 4.27. The van der Waals surface area contributed by atoms with E-state index in [0.717, 1.165) is 62.5 Å². The van der Waals surface area contributed by atoms with Crippen LogP contribution in [0.4, 0.5) is 0 Å². The highest BCUT2D eigenvalue weighted by Crippen LogP contribution is 2.58. The third kappa shape index (κ3) is 3.02. The Labute approximate surface area is 129 Å². The highest BCUT2D eigenvalue weighted by atomic mass is 16.5. The van der Waals surface area contributed by atoms with Crippen LogP contribution >= 0.6 is 0 Å². The fourth-order valence-corrected chi connectivity index (χ4v) is 5.76. The molecule has 3 saturated carbocycles. The average molecular weight is 293 g/mol. The molecule has 6 unspecified atom stereocenters. The molecule has 1 aliphatic heterocycles. The summed E-state index contributed by atoms with van der Waals surface area (Å²) in [6, 6.07) is 0.826. The van der Waals surface area contributed by atoms with E-state index in [9.17, 15) is 0 Å². The first-order chi connectivity index (χ1) is 10.4. The lowest BCUT2D eigenvalue weighted by Crippen LogP contribution is -2.40. The molecule has 3 nitrogen and oxygen atoms in total. The van der Waals surface area contributed by atoms with Gasteiger partial charge in [-0.05, 0) is 75.2 Å². The Kier molecular flexibility index (Phi) is 4.52. The van der Waals surface area contributed by atoms with E-state index >= 15 is 0 Å². The van der Waals surface area contributed by atoms with Gasteiger partial charge in [-0.15, -0.1) is 0 Å². The molecule has 4 rings (SSSR count). The van der Waals surface area contributed by atoms with Crippen LogP contribution < -0.4 is 5.32 Å². The lowest BCUT2D eigenvalue weighted by Gasteiger charge is -2.32. The minimum atomic E-state index is 0.378. The molecule has 21 heavy (non-hydrogen) atoms. The maximum absolute atomic E-state index is 5.75. The van der Waals surface area contributed by atoms with E-state index in [0.29, 0.717) is 6.10 Å². The predicted octanol–water partition coefficient (Wildman–Crippen LogP) is 2.99. The van der Waals surface area contributed by atoms with E-state index in [1.165, 1.54) is 44.9 Å². The Morgan fingerprint density at radius 3 is 2.86 bits per heavy atom. The van der Waals surface area contributed by atoms with Crippen molar-refractivity contribution in [3.05, 3.63) is 0 Å². The van der Waals surface area contributed by atoms with Gasteiger partial charge in [-0.2, -0.15) is 0 Å². The summed E-state index contributed by atoms with van der Waals surface area (Å²) in [5.41, 5.74) is 0. The van der Waals surface area contributed by atoms with Crippen LogP contribution in [0.1, 0.15) is 51.4 Å². The first-order valence-electron chi connectivity index (χ1n) is 9.34. The molecule has 1 saturated heterocycles. The third-order valence-corrected chi connectivity index (χ3v) is 6.63. The SMILES string of the molecule is C(CNC1CC2CC1C1CCCC21)COCC1CCCO1. The van der Waals surface area contributed by atoms with Crippen molar-refractivity contribution in [3.63, 3.8) is 0 Å². The Hall–Kier alpha value is -0.120. The van der Waals surface area contributed by atoms with Crippen LogP contribution in [0.15, 0.2) is 0 Å². The quantitative estimate of drug-likeness (QED) is 0.732. The first kappa shape index (κ1) is 14.5. The average Bonchev–Trinajstić information content (AvgIpc) is 3.24. The molecule has 1 heterocycles. The van der Waals surface area contributed by atoms with Gasteiger partial charge >= 0.3 is 0 Å². The van der Waals surface area contributed by atoms with Crippen molar-refractivity contribution in [2.24, 2.45) is 23.7 Å². The van der Waals surface area contributed by atoms with Crippen LogP contribution in [-0.4, -0.2) is 38.5 Å². The van der Waals surface area contributed by atoms with E-state index in [2.05, 4.69) is 5.32 Å². The van der Waals surface area contributed by atoms with Crippen molar-refractivity contribution in [3.8, 4) is 0 Å². The number of hydrogen-bond acceptors (Lipinski definition) is 3. The molecule has 0 aromatic rings. The van der Waals surface area contributed by atoms with Crippen LogP contribution in [-0.2, 0) is 9.47 Å². The molecule has 0 spiro atoms. The highest BCUT2D eigenvalue weighted by Gasteiger charge is 2.53. The van der Waals surface area contributed by atoms with Crippen LogP contribution in [0.3, 0.4) is 0 Å². The predicted molar refractivity (Wildman–Crippen MR) is 83.2 cm³/mol. The Balaban J connectivity index is 1.10. The second-order valence-corrected chi connectivity index (χ2v) is 7.78. The highest BCUT2D eigenvalue weighted by molar-refractivity contribution is 5.05. The molecule has 4 aliphatic rings. The topological polar surface area (TPSA) is 30.5 Å². The summed E-state index contributed by atoms with van der Waals surface area (Å²) in [6.45, 7) is 3.76. The van der Waals surface area contributed by atoms with Gasteiger partial charge in [0.25, 0.3) is 0 Å². The zero-order valence-corrected chi connectivity index (χ0v) is 13.3. The molecule has 2 bridgehead atoms. The number of ether oxygens (including phenoxy) is 2. The van der Waals surface area contributed by atoms with Crippen molar-refractivity contribution in [1.29, 1.82) is 0 Å². The molecule has 3 heteroatoms. The van der Waals surface area contributed by atoms with Gasteiger partial charge in [0.2, 0.25) is 0 Å². The summed E-state index contributed by atoms with van der Waals surface area (Å²) in [5, 5.41) is 3.84. The van der Waals surface area contributed by atoms with Gasteiger partial charge in [0.1, 0.15) is 0 Å². The number of fused-ring (bicyclic) bond motifs is 5. The second kappa shape index (κ2) is 6.55. The van der Waals surface area contributed by atoms with Crippen molar-refractivity contribution >= 4 is 0 Å². The van der Waals surface area contributed by atoms with Crippen molar-refractivity contribution < 1.29 is 9.47 Å². The van der Waals surface area contributed by atoms with Crippen LogP contribution in [0, 0.1) is 23.7 Å². The molecule has 0 aromatic heterocycles. The molecule has 0 aromatic carbocycles. The standard InChI is InChI=1S/C18H31NO2/c1-5-15-13-10-17(16(15)6-1)18(11-13)19-7-3-8-20-12-14-4-2-9-21-14/h13-19H,1-12H2. The molecular weight excluding hydrogens is 262 g/mol. The van der Waals surface area contributed by atoms with Gasteiger partial charge in [-0.3, -0.25) is 0 Å². The summed E-state index contributed by atoms with van der Waals surface area (Å²) < 4.78 is 11.3. The molecule has 0 radical (unpaired) electrons. The minimum absolute atomic E-state index is 0.378. The number of rotatable bonds is 7. The smallest absolute Gasteiger partial charge is 0.0809 e. The number of hydrogen-bond donors (Lipinski definition) is 1. The molecule has 4 fully saturated rings. The van der Waals surface area contributed by atoms with E-state index < -0.39 is 0 Å². The van der Waals surface area contributed by atoms with E-state index in [1.807, 2.05) is 0 Å². The van der Waals surface area contributed by atoms with Crippen LogP contribution in [0.25, 0.3) is 0 Å². The molecular formula is C18H31NO2. The van der Waals surface area contributed by atoms with Gasteiger partial charge in [0.15, 0.2) is 0 Å². The second-order valence-electron chi connectivity index (χ2n) is 7.78. The molecule has 3 aliphatic carbocycles. The van der Waals surface area contributed by atoms with E-state index in [1.54, 1.807) is 0 Å². The Bertz CT molecular complexity index is 342. The summed E-state index contributed by atoms with van der Waals surface area (Å²) in [7, 11) is 0. The van der Waals surface area contributed by atoms with E-state index in [4.69, 9.17) is 9.47 Å². The Morgan fingerprint density at radius 1 is 1.00 bits per heavy atom. The van der Waals surface area contributed by atoms with Gasteiger partial charge < -0.3 is 14.8 Å². The molecule has 0 amide bonds. The number of nitrogens with one attached hydrogen (secondary N) is 1. The van der Waals surface area contributed by atoms with Crippen LogP contribution in [0.5, 0.6) is 0 Å². The molecule has 6 atom stereocenters. The van der Waals surface area contributed by atoms with Gasteiger partial charge in [-0.25, -0.2) is 0 Å². The Morgan fingerprint density at radius 2 is 1.95 bits per heavy atom. The maximum atomic E-state index is 5.75. The normalized spacial score (nSPS) is 44.6. The zero-order chi connectivity index (χ0) is 14.1. The summed E-state index contributed by atoms with van der Waals surface area (Å²) >= 11 is 0. The van der Waals surface area contributed by atoms with Crippen molar-refractivity contribution in [1.82, 2.24) is 5.32 Å². The molecule has 1 N–H and O–H groups in total. The van der Waals surface area contributed by atoms with Gasteiger partial charge in [-0.1, -0.05) is 6.42 Å². The van der Waals surface area contributed by atoms with Crippen molar-refractivity contribution in [2.75, 3.05) is 26.4 Å². The maximum Gasteiger partial charge on any atom is 0.0809 e. The van der Waals surface area contributed by atoms with E-state index in [-0.39, 0.29) is 0 Å².